The molecule has 4 nitrogen and oxygen atoms in total. The first-order valence-corrected chi connectivity index (χ1v) is 7.40. The van der Waals surface area contributed by atoms with Gasteiger partial charge in [-0.3, -0.25) is 9.20 Å². The summed E-state index contributed by atoms with van der Waals surface area (Å²) in [6, 6.07) is 9.24. The fraction of sp³-hybridized carbons (Fsp3) is 0.143. The van der Waals surface area contributed by atoms with E-state index in [0.717, 1.165) is 16.3 Å². The summed E-state index contributed by atoms with van der Waals surface area (Å²) in [7, 11) is 0. The summed E-state index contributed by atoms with van der Waals surface area (Å²) >= 11 is 7.54. The molecule has 1 aromatic carbocycles. The van der Waals surface area contributed by atoms with Crippen LogP contribution in [0.5, 0.6) is 0 Å². The molecule has 0 radical (unpaired) electrons. The first-order chi connectivity index (χ1) is 9.74. The van der Waals surface area contributed by atoms with E-state index in [1.165, 1.54) is 11.3 Å². The minimum absolute atomic E-state index is 0.0502. The average Bonchev–Trinajstić information content (AvgIpc) is 2.90. The van der Waals surface area contributed by atoms with E-state index in [-0.39, 0.29) is 5.56 Å². The fourth-order valence-corrected chi connectivity index (χ4v) is 2.89. The van der Waals surface area contributed by atoms with Gasteiger partial charge in [-0.15, -0.1) is 11.3 Å². The number of thiazole rings is 1. The Morgan fingerprint density at radius 1 is 1.30 bits per heavy atom. The molecule has 0 saturated carbocycles. The predicted octanol–water partition coefficient (Wildman–Crippen LogP) is 2.70. The van der Waals surface area contributed by atoms with Crippen molar-refractivity contribution in [2.75, 3.05) is 0 Å². The zero-order valence-corrected chi connectivity index (χ0v) is 12.1. The molecule has 0 fully saturated rings. The molecular formula is C14H12ClN3OS. The van der Waals surface area contributed by atoms with E-state index in [1.807, 2.05) is 29.6 Å². The number of rotatable bonds is 4. The Bertz CT molecular complexity index is 796. The van der Waals surface area contributed by atoms with E-state index in [9.17, 15) is 4.79 Å². The van der Waals surface area contributed by atoms with Crippen LogP contribution in [0.25, 0.3) is 4.96 Å². The minimum atomic E-state index is -0.0502. The van der Waals surface area contributed by atoms with Gasteiger partial charge in [0.25, 0.3) is 5.56 Å². The number of hydrogen-bond donors (Lipinski definition) is 1. The second-order valence-corrected chi connectivity index (χ2v) is 5.62. The van der Waals surface area contributed by atoms with Crippen molar-refractivity contribution in [3.05, 3.63) is 68.5 Å². The van der Waals surface area contributed by atoms with Crippen LogP contribution in [0, 0.1) is 0 Å². The third-order valence-corrected chi connectivity index (χ3v) is 4.06. The highest BCUT2D eigenvalue weighted by Gasteiger charge is 2.04. The van der Waals surface area contributed by atoms with Gasteiger partial charge in [-0.1, -0.05) is 29.8 Å². The summed E-state index contributed by atoms with van der Waals surface area (Å²) in [6.45, 7) is 1.18. The van der Waals surface area contributed by atoms with Gasteiger partial charge in [-0.2, -0.15) is 0 Å². The normalized spacial score (nSPS) is 11.1. The Hall–Kier alpha value is -1.69. The molecule has 0 unspecified atom stereocenters. The van der Waals surface area contributed by atoms with Crippen LogP contribution in [0.1, 0.15) is 11.3 Å². The van der Waals surface area contributed by atoms with Gasteiger partial charge in [0.05, 0.1) is 5.69 Å². The summed E-state index contributed by atoms with van der Waals surface area (Å²) in [5.41, 5.74) is 1.72. The Morgan fingerprint density at radius 2 is 2.15 bits per heavy atom. The van der Waals surface area contributed by atoms with Crippen LogP contribution in [0.2, 0.25) is 5.02 Å². The lowest BCUT2D eigenvalue weighted by molar-refractivity contribution is 0.679. The third-order valence-electron chi connectivity index (χ3n) is 2.94. The molecule has 6 heteroatoms. The SMILES string of the molecule is O=c1cc(CNCc2ccccc2Cl)nc2sccn12. The van der Waals surface area contributed by atoms with Gasteiger partial charge in [0.2, 0.25) is 0 Å². The molecule has 0 saturated heterocycles. The lowest BCUT2D eigenvalue weighted by Gasteiger charge is -2.06. The largest absolute Gasteiger partial charge is 0.307 e. The number of nitrogens with zero attached hydrogens (tertiary/aromatic N) is 2. The minimum Gasteiger partial charge on any atom is -0.307 e. The van der Waals surface area contributed by atoms with E-state index >= 15 is 0 Å². The van der Waals surface area contributed by atoms with Crippen molar-refractivity contribution in [1.82, 2.24) is 14.7 Å². The van der Waals surface area contributed by atoms with Gasteiger partial charge in [-0.25, -0.2) is 4.98 Å². The van der Waals surface area contributed by atoms with E-state index in [0.29, 0.717) is 18.1 Å². The Labute approximate surface area is 124 Å². The molecule has 2 aromatic heterocycles. The quantitative estimate of drug-likeness (QED) is 0.806. The molecule has 3 rings (SSSR count). The summed E-state index contributed by atoms with van der Waals surface area (Å²) < 4.78 is 1.54. The van der Waals surface area contributed by atoms with Crippen molar-refractivity contribution in [3.63, 3.8) is 0 Å². The highest BCUT2D eigenvalue weighted by Crippen LogP contribution is 2.14. The molecule has 0 bridgehead atoms. The standard InChI is InChI=1S/C14H12ClN3OS/c15-12-4-2-1-3-10(12)8-16-9-11-7-13(19)18-5-6-20-14(18)17-11/h1-7,16H,8-9H2. The molecule has 1 N–H and O–H groups in total. The van der Waals surface area contributed by atoms with Crippen molar-refractivity contribution < 1.29 is 0 Å². The summed E-state index contributed by atoms with van der Waals surface area (Å²) in [5, 5.41) is 5.84. The Morgan fingerprint density at radius 3 is 3.00 bits per heavy atom. The van der Waals surface area contributed by atoms with Crippen molar-refractivity contribution >= 4 is 27.9 Å². The van der Waals surface area contributed by atoms with E-state index in [4.69, 9.17) is 11.6 Å². The number of benzene rings is 1. The van der Waals surface area contributed by atoms with Gasteiger partial charge in [-0.05, 0) is 11.6 Å². The van der Waals surface area contributed by atoms with Gasteiger partial charge in [0.1, 0.15) is 0 Å². The maximum atomic E-state index is 11.8. The zero-order valence-electron chi connectivity index (χ0n) is 10.5. The molecular weight excluding hydrogens is 294 g/mol. The smallest absolute Gasteiger partial charge is 0.258 e. The lowest BCUT2D eigenvalue weighted by atomic mass is 10.2. The van der Waals surface area contributed by atoms with Crippen LogP contribution >= 0.6 is 22.9 Å². The highest BCUT2D eigenvalue weighted by atomic mass is 35.5. The lowest BCUT2D eigenvalue weighted by Crippen LogP contribution is -2.18. The van der Waals surface area contributed by atoms with Crippen LogP contribution in [0.4, 0.5) is 0 Å². The number of nitrogens with one attached hydrogen (secondary N) is 1. The van der Waals surface area contributed by atoms with Crippen LogP contribution in [0.3, 0.4) is 0 Å². The van der Waals surface area contributed by atoms with E-state index < -0.39 is 0 Å². The summed E-state index contributed by atoms with van der Waals surface area (Å²) in [4.78, 5) is 17.0. The first-order valence-electron chi connectivity index (χ1n) is 6.14. The molecule has 0 amide bonds. The predicted molar refractivity (Wildman–Crippen MR) is 81.3 cm³/mol. The van der Waals surface area contributed by atoms with Crippen LogP contribution in [-0.2, 0) is 13.1 Å². The number of fused-ring (bicyclic) bond motifs is 1. The van der Waals surface area contributed by atoms with E-state index in [2.05, 4.69) is 10.3 Å². The maximum absolute atomic E-state index is 11.8. The van der Waals surface area contributed by atoms with Crippen LogP contribution < -0.4 is 10.9 Å². The van der Waals surface area contributed by atoms with Crippen molar-refractivity contribution in [2.24, 2.45) is 0 Å². The third kappa shape index (κ3) is 2.75. The van der Waals surface area contributed by atoms with Crippen molar-refractivity contribution in [1.29, 1.82) is 0 Å². The number of aromatic nitrogens is 2. The van der Waals surface area contributed by atoms with Gasteiger partial charge in [0, 0.05) is 35.8 Å². The molecule has 3 aromatic rings. The molecule has 2 heterocycles. The van der Waals surface area contributed by atoms with Gasteiger partial charge >= 0.3 is 0 Å². The van der Waals surface area contributed by atoms with Gasteiger partial charge < -0.3 is 5.32 Å². The highest BCUT2D eigenvalue weighted by molar-refractivity contribution is 7.15. The summed E-state index contributed by atoms with van der Waals surface area (Å²) in [6.07, 6.45) is 1.73. The summed E-state index contributed by atoms with van der Waals surface area (Å²) in [5.74, 6) is 0. The molecule has 102 valence electrons. The number of halogens is 1. The fourth-order valence-electron chi connectivity index (χ4n) is 1.95. The van der Waals surface area contributed by atoms with Crippen molar-refractivity contribution in [3.8, 4) is 0 Å². The second-order valence-electron chi connectivity index (χ2n) is 4.34. The number of hydrogen-bond acceptors (Lipinski definition) is 4. The topological polar surface area (TPSA) is 46.4 Å². The average molecular weight is 306 g/mol. The molecule has 20 heavy (non-hydrogen) atoms. The molecule has 0 aliphatic carbocycles. The Balaban J connectivity index is 1.71. The van der Waals surface area contributed by atoms with Crippen LogP contribution in [-0.4, -0.2) is 9.38 Å². The van der Waals surface area contributed by atoms with Crippen molar-refractivity contribution in [2.45, 2.75) is 13.1 Å². The Kier molecular flexibility index (Phi) is 3.82. The maximum Gasteiger partial charge on any atom is 0.258 e. The molecule has 0 aliphatic heterocycles. The van der Waals surface area contributed by atoms with E-state index in [1.54, 1.807) is 16.7 Å². The van der Waals surface area contributed by atoms with Crippen LogP contribution in [0.15, 0.2) is 46.7 Å². The molecule has 0 atom stereocenters. The molecule has 0 aliphatic rings. The zero-order chi connectivity index (χ0) is 13.9. The second kappa shape index (κ2) is 5.75. The monoisotopic (exact) mass is 305 g/mol. The molecule has 0 spiro atoms. The first kappa shape index (κ1) is 13.3. The van der Waals surface area contributed by atoms with Gasteiger partial charge in [0.15, 0.2) is 4.96 Å².